The first-order chi connectivity index (χ1) is 9.10. The van der Waals surface area contributed by atoms with E-state index in [9.17, 15) is 8.78 Å². The fourth-order valence-electron chi connectivity index (χ4n) is 2.62. The lowest BCUT2D eigenvalue weighted by atomic mass is 9.82. The molecule has 2 N–H and O–H groups in total. The molecule has 1 aromatic rings. The van der Waals surface area contributed by atoms with E-state index in [4.69, 9.17) is 15.2 Å². The van der Waals surface area contributed by atoms with Crippen molar-refractivity contribution in [2.75, 3.05) is 19.8 Å². The largest absolute Gasteiger partial charge is 0.381 e. The molecule has 1 aromatic carbocycles. The Morgan fingerprint density at radius 2 is 1.89 bits per heavy atom. The van der Waals surface area contributed by atoms with E-state index in [-0.39, 0.29) is 5.56 Å². The highest BCUT2D eigenvalue weighted by atomic mass is 19.1. The van der Waals surface area contributed by atoms with Crippen LogP contribution in [0.5, 0.6) is 0 Å². The van der Waals surface area contributed by atoms with Gasteiger partial charge in [-0.15, -0.1) is 0 Å². The fourth-order valence-corrected chi connectivity index (χ4v) is 2.62. The van der Waals surface area contributed by atoms with Crippen molar-refractivity contribution in [3.8, 4) is 0 Å². The molecule has 0 radical (unpaired) electrons. The maximum atomic E-state index is 13.9. The Morgan fingerprint density at radius 1 is 1.32 bits per heavy atom. The van der Waals surface area contributed by atoms with Crippen LogP contribution in [0.15, 0.2) is 18.2 Å². The molecule has 1 aliphatic heterocycles. The van der Waals surface area contributed by atoms with Gasteiger partial charge in [-0.3, -0.25) is 0 Å². The van der Waals surface area contributed by atoms with Crippen molar-refractivity contribution in [1.82, 2.24) is 0 Å². The summed E-state index contributed by atoms with van der Waals surface area (Å²) in [6.45, 7) is 3.28. The molecule has 3 nitrogen and oxygen atoms in total. The van der Waals surface area contributed by atoms with Gasteiger partial charge in [0.2, 0.25) is 0 Å². The average Bonchev–Trinajstić information content (AvgIpc) is 2.40. The molecule has 1 atom stereocenters. The summed E-state index contributed by atoms with van der Waals surface area (Å²) in [5.74, 6) is -1.25. The third-order valence-corrected chi connectivity index (χ3v) is 3.65. The lowest BCUT2D eigenvalue weighted by Gasteiger charge is -2.41. The Morgan fingerprint density at radius 3 is 2.42 bits per heavy atom. The van der Waals surface area contributed by atoms with Crippen LogP contribution in [0.3, 0.4) is 0 Å². The number of ether oxygens (including phenoxy) is 2. The summed E-state index contributed by atoms with van der Waals surface area (Å²) >= 11 is 0. The van der Waals surface area contributed by atoms with Crippen LogP contribution in [0.1, 0.15) is 31.4 Å². The number of benzene rings is 1. The highest BCUT2D eigenvalue weighted by molar-refractivity contribution is 5.26. The lowest BCUT2D eigenvalue weighted by Crippen LogP contribution is -2.48. The van der Waals surface area contributed by atoms with Crippen molar-refractivity contribution >= 4 is 0 Å². The van der Waals surface area contributed by atoms with Crippen molar-refractivity contribution in [3.05, 3.63) is 35.4 Å². The molecule has 1 heterocycles. The van der Waals surface area contributed by atoms with Gasteiger partial charge in [-0.05, 0) is 19.1 Å². The molecule has 5 heteroatoms. The van der Waals surface area contributed by atoms with E-state index in [1.165, 1.54) is 18.2 Å². The van der Waals surface area contributed by atoms with Gasteiger partial charge < -0.3 is 15.2 Å². The van der Waals surface area contributed by atoms with Crippen molar-refractivity contribution in [2.45, 2.75) is 31.4 Å². The Labute approximate surface area is 111 Å². The topological polar surface area (TPSA) is 44.5 Å². The molecule has 2 rings (SSSR count). The van der Waals surface area contributed by atoms with Gasteiger partial charge in [0, 0.05) is 38.2 Å². The van der Waals surface area contributed by atoms with Crippen LogP contribution in [0, 0.1) is 11.6 Å². The molecule has 19 heavy (non-hydrogen) atoms. The van der Waals surface area contributed by atoms with E-state index < -0.39 is 23.3 Å². The quantitative estimate of drug-likeness (QED) is 0.915. The molecule has 1 saturated heterocycles. The summed E-state index contributed by atoms with van der Waals surface area (Å²) in [6.07, 6.45) is 1.07. The minimum absolute atomic E-state index is 0.0992. The van der Waals surface area contributed by atoms with Gasteiger partial charge >= 0.3 is 0 Å². The summed E-state index contributed by atoms with van der Waals surface area (Å²) in [4.78, 5) is 0. The Bertz CT molecular complexity index is 408. The van der Waals surface area contributed by atoms with Crippen molar-refractivity contribution < 1.29 is 18.3 Å². The minimum Gasteiger partial charge on any atom is -0.381 e. The molecule has 0 amide bonds. The molecule has 1 fully saturated rings. The summed E-state index contributed by atoms with van der Waals surface area (Å²) < 4.78 is 38.8. The van der Waals surface area contributed by atoms with Crippen LogP contribution in [-0.2, 0) is 9.47 Å². The van der Waals surface area contributed by atoms with Gasteiger partial charge in [0.25, 0.3) is 0 Å². The number of hydrogen-bond donors (Lipinski definition) is 1. The summed E-state index contributed by atoms with van der Waals surface area (Å²) in [5, 5.41) is 0. The van der Waals surface area contributed by atoms with E-state index >= 15 is 0 Å². The first-order valence-corrected chi connectivity index (χ1v) is 6.52. The van der Waals surface area contributed by atoms with E-state index in [1.807, 2.05) is 6.92 Å². The standard InChI is InChI=1S/C14H19F2NO2/c1-2-19-14(6-8-18-9-7-14)13(17)12-10(15)4-3-5-11(12)16/h3-5,13H,2,6-9,17H2,1H3. The molecule has 106 valence electrons. The zero-order valence-corrected chi connectivity index (χ0v) is 11.0. The van der Waals surface area contributed by atoms with Gasteiger partial charge in [-0.25, -0.2) is 8.78 Å². The highest BCUT2D eigenvalue weighted by Crippen LogP contribution is 2.38. The van der Waals surface area contributed by atoms with Crippen molar-refractivity contribution in [2.24, 2.45) is 5.73 Å². The molecular weight excluding hydrogens is 252 g/mol. The zero-order chi connectivity index (χ0) is 13.9. The molecule has 0 bridgehead atoms. The predicted octanol–water partition coefficient (Wildman–Crippen LogP) is 2.55. The van der Waals surface area contributed by atoms with E-state index in [1.54, 1.807) is 0 Å². The summed E-state index contributed by atoms with van der Waals surface area (Å²) in [6, 6.07) is 2.93. The number of rotatable bonds is 4. The second-order valence-corrected chi connectivity index (χ2v) is 4.72. The summed E-state index contributed by atoms with van der Waals surface area (Å²) in [5.41, 5.74) is 5.28. The second kappa shape index (κ2) is 5.94. The van der Waals surface area contributed by atoms with Crippen LogP contribution in [0.2, 0.25) is 0 Å². The first-order valence-electron chi connectivity index (χ1n) is 6.52. The van der Waals surface area contributed by atoms with Gasteiger partial charge in [0.1, 0.15) is 11.6 Å². The normalized spacial score (nSPS) is 20.2. The lowest BCUT2D eigenvalue weighted by molar-refractivity contribution is -0.122. The van der Waals surface area contributed by atoms with Crippen LogP contribution in [0.25, 0.3) is 0 Å². The Balaban J connectivity index is 2.36. The Kier molecular flexibility index (Phi) is 4.50. The van der Waals surface area contributed by atoms with Crippen LogP contribution in [0.4, 0.5) is 8.78 Å². The molecule has 0 saturated carbocycles. The smallest absolute Gasteiger partial charge is 0.131 e. The van der Waals surface area contributed by atoms with E-state index in [0.29, 0.717) is 32.7 Å². The molecule has 0 aromatic heterocycles. The monoisotopic (exact) mass is 271 g/mol. The van der Waals surface area contributed by atoms with Crippen LogP contribution in [-0.4, -0.2) is 25.4 Å². The van der Waals surface area contributed by atoms with Crippen LogP contribution >= 0.6 is 0 Å². The first kappa shape index (κ1) is 14.4. The van der Waals surface area contributed by atoms with Gasteiger partial charge in [-0.1, -0.05) is 6.07 Å². The van der Waals surface area contributed by atoms with E-state index in [2.05, 4.69) is 0 Å². The molecule has 0 spiro atoms. The third kappa shape index (κ3) is 2.78. The van der Waals surface area contributed by atoms with Gasteiger partial charge in [0.15, 0.2) is 0 Å². The second-order valence-electron chi connectivity index (χ2n) is 4.72. The highest BCUT2D eigenvalue weighted by Gasteiger charge is 2.42. The van der Waals surface area contributed by atoms with Crippen LogP contribution < -0.4 is 5.73 Å². The zero-order valence-electron chi connectivity index (χ0n) is 11.0. The van der Waals surface area contributed by atoms with Crippen molar-refractivity contribution in [1.29, 1.82) is 0 Å². The predicted molar refractivity (Wildman–Crippen MR) is 67.7 cm³/mol. The van der Waals surface area contributed by atoms with E-state index in [0.717, 1.165) is 0 Å². The number of nitrogens with two attached hydrogens (primary N) is 1. The molecule has 0 aliphatic carbocycles. The summed E-state index contributed by atoms with van der Waals surface area (Å²) in [7, 11) is 0. The molecule has 1 unspecified atom stereocenters. The SMILES string of the molecule is CCOC1(C(N)c2c(F)cccc2F)CCOCC1. The Hall–Kier alpha value is -1.04. The fraction of sp³-hybridized carbons (Fsp3) is 0.571. The molecular formula is C14H19F2NO2. The van der Waals surface area contributed by atoms with Gasteiger partial charge in [0.05, 0.1) is 11.6 Å². The number of halogens is 2. The maximum absolute atomic E-state index is 13.9. The minimum atomic E-state index is -0.836. The molecule has 1 aliphatic rings. The maximum Gasteiger partial charge on any atom is 0.131 e. The third-order valence-electron chi connectivity index (χ3n) is 3.65. The average molecular weight is 271 g/mol. The van der Waals surface area contributed by atoms with Gasteiger partial charge in [-0.2, -0.15) is 0 Å². The van der Waals surface area contributed by atoms with Crippen molar-refractivity contribution in [3.63, 3.8) is 0 Å². The number of hydrogen-bond acceptors (Lipinski definition) is 3.